The standard InChI is InChI=1S/C17H26N2/c1-14-5-6-15(2)16(11-14)12-19-10-9-18-17(13-19)7-3-4-8-17/h5-6,11,18H,3-4,7-10,12-13H2,1-2H3. The van der Waals surface area contributed by atoms with Crippen molar-refractivity contribution in [2.75, 3.05) is 19.6 Å². The van der Waals surface area contributed by atoms with E-state index < -0.39 is 0 Å². The highest BCUT2D eigenvalue weighted by Gasteiger charge is 2.37. The zero-order chi connectivity index (χ0) is 13.3. The van der Waals surface area contributed by atoms with E-state index in [2.05, 4.69) is 42.3 Å². The van der Waals surface area contributed by atoms with Crippen molar-refractivity contribution < 1.29 is 0 Å². The van der Waals surface area contributed by atoms with Crippen LogP contribution in [0.5, 0.6) is 0 Å². The molecule has 0 radical (unpaired) electrons. The molecule has 1 aromatic carbocycles. The lowest BCUT2D eigenvalue weighted by atomic mass is 9.94. The van der Waals surface area contributed by atoms with Crippen LogP contribution in [0.25, 0.3) is 0 Å². The van der Waals surface area contributed by atoms with Gasteiger partial charge >= 0.3 is 0 Å². The second-order valence-electron chi connectivity index (χ2n) is 6.55. The lowest BCUT2D eigenvalue weighted by Gasteiger charge is -2.41. The predicted octanol–water partition coefficient (Wildman–Crippen LogP) is 3.02. The van der Waals surface area contributed by atoms with Crippen LogP contribution < -0.4 is 5.32 Å². The molecule has 2 fully saturated rings. The Morgan fingerprint density at radius 3 is 2.79 bits per heavy atom. The first-order valence-corrected chi connectivity index (χ1v) is 7.70. The third kappa shape index (κ3) is 2.85. The molecular weight excluding hydrogens is 232 g/mol. The van der Waals surface area contributed by atoms with Crippen LogP contribution in [0.2, 0.25) is 0 Å². The van der Waals surface area contributed by atoms with Gasteiger partial charge in [-0.3, -0.25) is 4.90 Å². The van der Waals surface area contributed by atoms with Crippen molar-refractivity contribution >= 4 is 0 Å². The number of benzene rings is 1. The molecule has 0 bridgehead atoms. The fourth-order valence-corrected chi connectivity index (χ4v) is 3.78. The third-order valence-corrected chi connectivity index (χ3v) is 4.91. The molecule has 1 heterocycles. The second-order valence-corrected chi connectivity index (χ2v) is 6.55. The van der Waals surface area contributed by atoms with E-state index >= 15 is 0 Å². The average molecular weight is 258 g/mol. The Balaban J connectivity index is 1.70. The van der Waals surface area contributed by atoms with Gasteiger partial charge < -0.3 is 5.32 Å². The highest BCUT2D eigenvalue weighted by molar-refractivity contribution is 5.30. The van der Waals surface area contributed by atoms with Crippen molar-refractivity contribution in [2.45, 2.75) is 51.6 Å². The highest BCUT2D eigenvalue weighted by atomic mass is 15.2. The lowest BCUT2D eigenvalue weighted by Crippen LogP contribution is -2.58. The fourth-order valence-electron chi connectivity index (χ4n) is 3.78. The summed E-state index contributed by atoms with van der Waals surface area (Å²) in [4.78, 5) is 2.66. The van der Waals surface area contributed by atoms with Crippen molar-refractivity contribution in [3.8, 4) is 0 Å². The molecule has 1 N–H and O–H groups in total. The Morgan fingerprint density at radius 2 is 2.00 bits per heavy atom. The average Bonchev–Trinajstić information content (AvgIpc) is 2.82. The summed E-state index contributed by atoms with van der Waals surface area (Å²) in [7, 11) is 0. The van der Waals surface area contributed by atoms with Gasteiger partial charge in [0.15, 0.2) is 0 Å². The normalized spacial score (nSPS) is 23.1. The minimum atomic E-state index is 0.440. The van der Waals surface area contributed by atoms with E-state index in [0.717, 1.165) is 13.1 Å². The topological polar surface area (TPSA) is 15.3 Å². The summed E-state index contributed by atoms with van der Waals surface area (Å²) in [5, 5.41) is 3.79. The molecule has 1 aliphatic carbocycles. The number of hydrogen-bond acceptors (Lipinski definition) is 2. The SMILES string of the molecule is Cc1ccc(C)c(CN2CCNC3(CCCC3)C2)c1. The lowest BCUT2D eigenvalue weighted by molar-refractivity contribution is 0.128. The summed E-state index contributed by atoms with van der Waals surface area (Å²) in [6.07, 6.45) is 5.56. The van der Waals surface area contributed by atoms with E-state index in [1.807, 2.05) is 0 Å². The number of aryl methyl sites for hydroxylation is 2. The molecule has 104 valence electrons. The molecule has 1 aliphatic heterocycles. The monoisotopic (exact) mass is 258 g/mol. The Bertz CT molecular complexity index is 447. The molecule has 1 saturated carbocycles. The van der Waals surface area contributed by atoms with E-state index in [4.69, 9.17) is 0 Å². The van der Waals surface area contributed by atoms with E-state index in [1.54, 1.807) is 0 Å². The Morgan fingerprint density at radius 1 is 1.21 bits per heavy atom. The highest BCUT2D eigenvalue weighted by Crippen LogP contribution is 2.32. The van der Waals surface area contributed by atoms with Gasteiger partial charge in [-0.25, -0.2) is 0 Å². The summed E-state index contributed by atoms with van der Waals surface area (Å²) >= 11 is 0. The fraction of sp³-hybridized carbons (Fsp3) is 0.647. The van der Waals surface area contributed by atoms with Crippen LogP contribution in [-0.2, 0) is 6.54 Å². The number of hydrogen-bond donors (Lipinski definition) is 1. The van der Waals surface area contributed by atoms with Gasteiger partial charge in [0.1, 0.15) is 0 Å². The van der Waals surface area contributed by atoms with E-state index in [1.165, 1.54) is 55.5 Å². The van der Waals surface area contributed by atoms with Gasteiger partial charge in [-0.2, -0.15) is 0 Å². The number of rotatable bonds is 2. The number of nitrogens with one attached hydrogen (secondary N) is 1. The molecule has 2 heteroatoms. The summed E-state index contributed by atoms with van der Waals surface area (Å²) in [5.74, 6) is 0. The summed E-state index contributed by atoms with van der Waals surface area (Å²) in [6.45, 7) is 9.14. The van der Waals surface area contributed by atoms with Crippen molar-refractivity contribution in [3.05, 3.63) is 34.9 Å². The molecule has 1 saturated heterocycles. The molecule has 2 nitrogen and oxygen atoms in total. The quantitative estimate of drug-likeness (QED) is 0.877. The van der Waals surface area contributed by atoms with Gasteiger partial charge in [0.05, 0.1) is 0 Å². The minimum Gasteiger partial charge on any atom is -0.309 e. The van der Waals surface area contributed by atoms with Crippen molar-refractivity contribution in [3.63, 3.8) is 0 Å². The van der Waals surface area contributed by atoms with Crippen LogP contribution >= 0.6 is 0 Å². The van der Waals surface area contributed by atoms with Gasteiger partial charge in [-0.1, -0.05) is 36.6 Å². The van der Waals surface area contributed by atoms with Gasteiger partial charge in [0, 0.05) is 31.7 Å². The van der Waals surface area contributed by atoms with Crippen LogP contribution in [0.3, 0.4) is 0 Å². The smallest absolute Gasteiger partial charge is 0.0309 e. The van der Waals surface area contributed by atoms with Gasteiger partial charge in [0.25, 0.3) is 0 Å². The Labute approximate surface area is 117 Å². The summed E-state index contributed by atoms with van der Waals surface area (Å²) in [6, 6.07) is 6.84. The first-order chi connectivity index (χ1) is 9.17. The molecular formula is C17H26N2. The number of piperazine rings is 1. The maximum absolute atomic E-state index is 3.79. The minimum absolute atomic E-state index is 0.440. The van der Waals surface area contributed by atoms with E-state index in [0.29, 0.717) is 5.54 Å². The first kappa shape index (κ1) is 13.1. The van der Waals surface area contributed by atoms with Crippen molar-refractivity contribution in [1.82, 2.24) is 10.2 Å². The molecule has 3 rings (SSSR count). The molecule has 0 amide bonds. The summed E-state index contributed by atoms with van der Waals surface area (Å²) < 4.78 is 0. The van der Waals surface area contributed by atoms with Crippen LogP contribution in [-0.4, -0.2) is 30.1 Å². The Kier molecular flexibility index (Phi) is 3.64. The third-order valence-electron chi connectivity index (χ3n) is 4.91. The molecule has 1 spiro atoms. The summed E-state index contributed by atoms with van der Waals surface area (Å²) in [5.41, 5.74) is 4.77. The van der Waals surface area contributed by atoms with Gasteiger partial charge in [-0.15, -0.1) is 0 Å². The van der Waals surface area contributed by atoms with Gasteiger partial charge in [0.2, 0.25) is 0 Å². The first-order valence-electron chi connectivity index (χ1n) is 7.70. The van der Waals surface area contributed by atoms with Crippen LogP contribution in [0.1, 0.15) is 42.4 Å². The van der Waals surface area contributed by atoms with Crippen molar-refractivity contribution in [2.24, 2.45) is 0 Å². The number of nitrogens with zero attached hydrogens (tertiary/aromatic N) is 1. The largest absolute Gasteiger partial charge is 0.309 e. The Hall–Kier alpha value is -0.860. The van der Waals surface area contributed by atoms with Crippen LogP contribution in [0, 0.1) is 13.8 Å². The second kappa shape index (κ2) is 5.26. The predicted molar refractivity (Wildman–Crippen MR) is 80.4 cm³/mol. The molecule has 0 unspecified atom stereocenters. The zero-order valence-corrected chi connectivity index (χ0v) is 12.3. The van der Waals surface area contributed by atoms with E-state index in [-0.39, 0.29) is 0 Å². The van der Waals surface area contributed by atoms with Crippen LogP contribution in [0.15, 0.2) is 18.2 Å². The maximum Gasteiger partial charge on any atom is 0.0309 e. The van der Waals surface area contributed by atoms with Crippen molar-refractivity contribution in [1.29, 1.82) is 0 Å². The van der Waals surface area contributed by atoms with E-state index in [9.17, 15) is 0 Å². The molecule has 2 aliphatic rings. The van der Waals surface area contributed by atoms with Crippen LogP contribution in [0.4, 0.5) is 0 Å². The molecule has 0 atom stereocenters. The zero-order valence-electron chi connectivity index (χ0n) is 12.3. The molecule has 19 heavy (non-hydrogen) atoms. The van der Waals surface area contributed by atoms with Gasteiger partial charge in [-0.05, 0) is 37.8 Å². The molecule has 1 aromatic rings. The molecule has 0 aromatic heterocycles. The maximum atomic E-state index is 3.79.